The Morgan fingerprint density at radius 1 is 1.36 bits per heavy atom. The molecule has 0 amide bonds. The number of hydrogen-bond acceptors (Lipinski definition) is 1. The lowest BCUT2D eigenvalue weighted by Gasteiger charge is -2.11. The smallest absolute Gasteiger partial charge is 0.417 e. The van der Waals surface area contributed by atoms with Crippen molar-refractivity contribution in [3.05, 3.63) is 28.2 Å². The van der Waals surface area contributed by atoms with Crippen molar-refractivity contribution in [2.24, 2.45) is 0 Å². The summed E-state index contributed by atoms with van der Waals surface area (Å²) >= 11 is 2.84. The highest BCUT2D eigenvalue weighted by atomic mass is 79.9. The van der Waals surface area contributed by atoms with Gasteiger partial charge in [-0.1, -0.05) is 15.9 Å². The molecule has 0 unspecified atom stereocenters. The summed E-state index contributed by atoms with van der Waals surface area (Å²) in [6, 6.07) is 3.80. The third-order valence-corrected chi connectivity index (χ3v) is 2.25. The van der Waals surface area contributed by atoms with Gasteiger partial charge in [0.25, 0.3) is 0 Å². The van der Waals surface area contributed by atoms with Gasteiger partial charge in [-0.2, -0.15) is 13.2 Å². The van der Waals surface area contributed by atoms with Gasteiger partial charge in [-0.05, 0) is 25.1 Å². The number of benzene rings is 1. The first-order chi connectivity index (χ1) is 6.45. The first kappa shape index (κ1) is 11.4. The van der Waals surface area contributed by atoms with Crippen LogP contribution in [0.3, 0.4) is 0 Å². The van der Waals surface area contributed by atoms with E-state index in [1.807, 2.05) is 0 Å². The lowest BCUT2D eigenvalue weighted by atomic mass is 10.2. The van der Waals surface area contributed by atoms with Crippen LogP contribution in [0.5, 0.6) is 5.75 Å². The topological polar surface area (TPSA) is 9.23 Å². The van der Waals surface area contributed by atoms with Crippen LogP contribution in [-0.4, -0.2) is 6.61 Å². The second-order valence-corrected chi connectivity index (χ2v) is 3.43. The molecule has 0 saturated carbocycles. The van der Waals surface area contributed by atoms with Crippen molar-refractivity contribution in [3.8, 4) is 5.75 Å². The van der Waals surface area contributed by atoms with Crippen LogP contribution in [0.15, 0.2) is 22.7 Å². The maximum absolute atomic E-state index is 12.4. The maximum atomic E-state index is 12.4. The Labute approximate surface area is 88.0 Å². The summed E-state index contributed by atoms with van der Waals surface area (Å²) in [5.41, 5.74) is -0.719. The molecule has 5 heteroatoms. The van der Waals surface area contributed by atoms with E-state index in [-0.39, 0.29) is 10.2 Å². The molecule has 0 aliphatic carbocycles. The molecule has 0 aliphatic rings. The zero-order valence-corrected chi connectivity index (χ0v) is 8.95. The summed E-state index contributed by atoms with van der Waals surface area (Å²) in [5.74, 6) is 0.225. The first-order valence-electron chi connectivity index (χ1n) is 3.94. The molecule has 1 aromatic carbocycles. The van der Waals surface area contributed by atoms with Gasteiger partial charge in [0.15, 0.2) is 0 Å². The minimum Gasteiger partial charge on any atom is -0.494 e. The second-order valence-electron chi connectivity index (χ2n) is 2.57. The van der Waals surface area contributed by atoms with Crippen LogP contribution < -0.4 is 4.74 Å². The van der Waals surface area contributed by atoms with Gasteiger partial charge >= 0.3 is 6.18 Å². The lowest BCUT2D eigenvalue weighted by molar-refractivity contribution is -0.138. The highest BCUT2D eigenvalue weighted by Gasteiger charge is 2.33. The van der Waals surface area contributed by atoms with Gasteiger partial charge in [-0.3, -0.25) is 0 Å². The Kier molecular flexibility index (Phi) is 3.42. The monoisotopic (exact) mass is 268 g/mol. The SMILES string of the molecule is CCOc1ccc(Br)c(C(F)(F)F)c1. The van der Waals surface area contributed by atoms with Crippen molar-refractivity contribution in [2.75, 3.05) is 6.61 Å². The van der Waals surface area contributed by atoms with E-state index in [9.17, 15) is 13.2 Å². The Bertz CT molecular complexity index is 322. The Hall–Kier alpha value is -0.710. The molecule has 0 fully saturated rings. The molecule has 1 nitrogen and oxygen atoms in total. The van der Waals surface area contributed by atoms with Gasteiger partial charge in [-0.25, -0.2) is 0 Å². The summed E-state index contributed by atoms with van der Waals surface area (Å²) in [6.07, 6.45) is -4.36. The molecule has 0 bridgehead atoms. The molecule has 78 valence electrons. The number of alkyl halides is 3. The minimum absolute atomic E-state index is 0.0217. The van der Waals surface area contributed by atoms with E-state index in [1.54, 1.807) is 6.92 Å². The quantitative estimate of drug-likeness (QED) is 0.792. The van der Waals surface area contributed by atoms with E-state index < -0.39 is 11.7 Å². The molecule has 0 spiro atoms. The summed E-state index contributed by atoms with van der Waals surface area (Å²) in [4.78, 5) is 0. The standard InChI is InChI=1S/C9H8BrF3O/c1-2-14-6-3-4-8(10)7(5-6)9(11,12)13/h3-5H,2H2,1H3. The maximum Gasteiger partial charge on any atom is 0.417 e. The highest BCUT2D eigenvalue weighted by molar-refractivity contribution is 9.10. The van der Waals surface area contributed by atoms with Gasteiger partial charge in [0.2, 0.25) is 0 Å². The Morgan fingerprint density at radius 2 is 2.00 bits per heavy atom. The normalized spacial score (nSPS) is 11.5. The predicted octanol–water partition coefficient (Wildman–Crippen LogP) is 3.87. The third-order valence-electron chi connectivity index (χ3n) is 1.55. The van der Waals surface area contributed by atoms with Gasteiger partial charge in [0, 0.05) is 4.47 Å². The van der Waals surface area contributed by atoms with E-state index in [2.05, 4.69) is 15.9 Å². The van der Waals surface area contributed by atoms with Crippen molar-refractivity contribution in [1.82, 2.24) is 0 Å². The average molecular weight is 269 g/mol. The van der Waals surface area contributed by atoms with Gasteiger partial charge < -0.3 is 4.74 Å². The molecule has 0 saturated heterocycles. The van der Waals surface area contributed by atoms with E-state index in [0.717, 1.165) is 6.07 Å². The van der Waals surface area contributed by atoms with Crippen LogP contribution in [-0.2, 0) is 6.18 Å². The number of rotatable bonds is 2. The zero-order chi connectivity index (χ0) is 10.8. The van der Waals surface area contributed by atoms with Gasteiger partial charge in [-0.15, -0.1) is 0 Å². The second kappa shape index (κ2) is 4.21. The molecule has 1 rings (SSSR count). The van der Waals surface area contributed by atoms with Crippen LogP contribution in [0.1, 0.15) is 12.5 Å². The molecule has 0 aliphatic heterocycles. The van der Waals surface area contributed by atoms with Gasteiger partial charge in [0.1, 0.15) is 5.75 Å². The van der Waals surface area contributed by atoms with Crippen LogP contribution in [0.2, 0.25) is 0 Å². The Morgan fingerprint density at radius 3 is 2.50 bits per heavy atom. The fourth-order valence-corrected chi connectivity index (χ4v) is 1.45. The van der Waals surface area contributed by atoms with E-state index in [0.29, 0.717) is 6.61 Å². The van der Waals surface area contributed by atoms with Crippen LogP contribution in [0.25, 0.3) is 0 Å². The third kappa shape index (κ3) is 2.64. The lowest BCUT2D eigenvalue weighted by Crippen LogP contribution is -2.06. The van der Waals surface area contributed by atoms with Crippen LogP contribution in [0.4, 0.5) is 13.2 Å². The van der Waals surface area contributed by atoms with Crippen molar-refractivity contribution in [2.45, 2.75) is 13.1 Å². The summed E-state index contributed by atoms with van der Waals surface area (Å²) in [7, 11) is 0. The van der Waals surface area contributed by atoms with E-state index >= 15 is 0 Å². The molecule has 0 radical (unpaired) electrons. The average Bonchev–Trinajstić information content (AvgIpc) is 2.07. The first-order valence-corrected chi connectivity index (χ1v) is 4.74. The largest absolute Gasteiger partial charge is 0.494 e. The Balaban J connectivity index is 3.09. The summed E-state index contributed by atoms with van der Waals surface area (Å²) < 4.78 is 42.1. The molecule has 14 heavy (non-hydrogen) atoms. The zero-order valence-electron chi connectivity index (χ0n) is 7.36. The van der Waals surface area contributed by atoms with Crippen molar-refractivity contribution in [1.29, 1.82) is 0 Å². The predicted molar refractivity (Wildman–Crippen MR) is 50.3 cm³/mol. The summed E-state index contributed by atoms with van der Waals surface area (Å²) in [6.45, 7) is 2.06. The minimum atomic E-state index is -4.36. The van der Waals surface area contributed by atoms with Crippen molar-refractivity contribution < 1.29 is 17.9 Å². The molecule has 1 aromatic rings. The van der Waals surface area contributed by atoms with Crippen molar-refractivity contribution in [3.63, 3.8) is 0 Å². The summed E-state index contributed by atoms with van der Waals surface area (Å²) in [5, 5.41) is 0. The van der Waals surface area contributed by atoms with Crippen LogP contribution in [0, 0.1) is 0 Å². The number of hydrogen-bond donors (Lipinski definition) is 0. The molecular weight excluding hydrogens is 261 g/mol. The van der Waals surface area contributed by atoms with E-state index in [1.165, 1.54) is 12.1 Å². The van der Waals surface area contributed by atoms with Crippen LogP contribution >= 0.6 is 15.9 Å². The molecule has 0 aromatic heterocycles. The fraction of sp³-hybridized carbons (Fsp3) is 0.333. The highest BCUT2D eigenvalue weighted by Crippen LogP contribution is 2.36. The van der Waals surface area contributed by atoms with E-state index in [4.69, 9.17) is 4.74 Å². The molecular formula is C9H8BrF3O. The fourth-order valence-electron chi connectivity index (χ4n) is 0.978. The molecule has 0 atom stereocenters. The molecule has 0 heterocycles. The van der Waals surface area contributed by atoms with Gasteiger partial charge in [0.05, 0.1) is 12.2 Å². The number of ether oxygens (including phenoxy) is 1. The molecule has 0 N–H and O–H groups in total. The van der Waals surface area contributed by atoms with Crippen molar-refractivity contribution >= 4 is 15.9 Å². The number of halogens is 4.